The molecular formula is C17H29N5. The number of guanidine groups is 1. The number of aromatic nitrogens is 1. The van der Waals surface area contributed by atoms with Crippen molar-refractivity contribution in [2.75, 3.05) is 38.6 Å². The molecule has 1 aromatic heterocycles. The van der Waals surface area contributed by atoms with Gasteiger partial charge in [-0.1, -0.05) is 6.92 Å². The summed E-state index contributed by atoms with van der Waals surface area (Å²) in [6.45, 7) is 8.26. The van der Waals surface area contributed by atoms with Crippen LogP contribution in [-0.4, -0.2) is 49.6 Å². The van der Waals surface area contributed by atoms with Crippen molar-refractivity contribution in [3.63, 3.8) is 0 Å². The highest BCUT2D eigenvalue weighted by molar-refractivity contribution is 5.80. The molecule has 1 aliphatic heterocycles. The van der Waals surface area contributed by atoms with Gasteiger partial charge in [-0.05, 0) is 43.4 Å². The van der Waals surface area contributed by atoms with Crippen LogP contribution in [0, 0.1) is 5.92 Å². The molecule has 1 N–H and O–H groups in total. The Bertz CT molecular complexity index is 490. The Balaban J connectivity index is 2.05. The number of likely N-dealkylation sites (tertiary alicyclic amines) is 1. The van der Waals surface area contributed by atoms with Crippen LogP contribution in [0.15, 0.2) is 23.3 Å². The summed E-state index contributed by atoms with van der Waals surface area (Å²) in [5.41, 5.74) is 1.19. The van der Waals surface area contributed by atoms with Gasteiger partial charge in [0.15, 0.2) is 5.96 Å². The van der Waals surface area contributed by atoms with Crippen molar-refractivity contribution in [3.8, 4) is 0 Å². The largest absolute Gasteiger partial charge is 0.363 e. The zero-order valence-electron chi connectivity index (χ0n) is 14.3. The summed E-state index contributed by atoms with van der Waals surface area (Å²) in [6.07, 6.45) is 4.37. The van der Waals surface area contributed by atoms with Gasteiger partial charge in [-0.15, -0.1) is 0 Å². The van der Waals surface area contributed by atoms with Crippen LogP contribution in [0.5, 0.6) is 0 Å². The van der Waals surface area contributed by atoms with E-state index in [0.29, 0.717) is 6.54 Å². The Kier molecular flexibility index (Phi) is 6.04. The Morgan fingerprint density at radius 3 is 2.77 bits per heavy atom. The van der Waals surface area contributed by atoms with Gasteiger partial charge < -0.3 is 15.1 Å². The molecule has 0 aliphatic carbocycles. The molecule has 5 nitrogen and oxygen atoms in total. The minimum absolute atomic E-state index is 0.692. The highest BCUT2D eigenvalue weighted by Crippen LogP contribution is 2.16. The van der Waals surface area contributed by atoms with Crippen LogP contribution in [0.1, 0.15) is 32.3 Å². The smallest absolute Gasteiger partial charge is 0.194 e. The van der Waals surface area contributed by atoms with Crippen LogP contribution in [0.4, 0.5) is 5.82 Å². The number of anilines is 1. The Hall–Kier alpha value is -1.78. The van der Waals surface area contributed by atoms with E-state index >= 15 is 0 Å². The van der Waals surface area contributed by atoms with E-state index in [2.05, 4.69) is 35.1 Å². The summed E-state index contributed by atoms with van der Waals surface area (Å²) >= 11 is 0. The normalized spacial score (nSPS) is 16.7. The fourth-order valence-corrected chi connectivity index (χ4v) is 2.62. The van der Waals surface area contributed by atoms with Crippen molar-refractivity contribution in [2.45, 2.75) is 33.2 Å². The molecule has 1 aliphatic rings. The molecule has 2 rings (SSSR count). The summed E-state index contributed by atoms with van der Waals surface area (Å²) in [5, 5.41) is 3.42. The summed E-state index contributed by atoms with van der Waals surface area (Å²) in [4.78, 5) is 13.6. The van der Waals surface area contributed by atoms with Gasteiger partial charge in [-0.25, -0.2) is 9.98 Å². The molecule has 1 aromatic rings. The van der Waals surface area contributed by atoms with Crippen molar-refractivity contribution in [1.82, 2.24) is 15.2 Å². The quantitative estimate of drug-likeness (QED) is 0.685. The number of hydrogen-bond acceptors (Lipinski definition) is 3. The van der Waals surface area contributed by atoms with E-state index in [0.717, 1.165) is 37.3 Å². The first kappa shape index (κ1) is 16.6. The van der Waals surface area contributed by atoms with Gasteiger partial charge in [-0.3, -0.25) is 0 Å². The van der Waals surface area contributed by atoms with Crippen molar-refractivity contribution >= 4 is 11.8 Å². The number of nitrogens with zero attached hydrogens (tertiary/aromatic N) is 4. The first-order valence-corrected chi connectivity index (χ1v) is 8.25. The van der Waals surface area contributed by atoms with Crippen molar-refractivity contribution in [3.05, 3.63) is 23.9 Å². The van der Waals surface area contributed by atoms with Crippen LogP contribution < -0.4 is 10.2 Å². The molecule has 0 unspecified atom stereocenters. The van der Waals surface area contributed by atoms with Crippen LogP contribution in [-0.2, 0) is 6.54 Å². The summed E-state index contributed by atoms with van der Waals surface area (Å²) in [5.74, 6) is 2.85. The molecule has 1 fully saturated rings. The van der Waals surface area contributed by atoms with Crippen molar-refractivity contribution < 1.29 is 0 Å². The second-order valence-corrected chi connectivity index (χ2v) is 6.26. The predicted octanol–water partition coefficient (Wildman–Crippen LogP) is 2.34. The molecule has 0 bridgehead atoms. The molecule has 2 heterocycles. The van der Waals surface area contributed by atoms with Crippen molar-refractivity contribution in [2.24, 2.45) is 10.9 Å². The Morgan fingerprint density at radius 1 is 1.41 bits per heavy atom. The lowest BCUT2D eigenvalue weighted by Crippen LogP contribution is -2.45. The maximum Gasteiger partial charge on any atom is 0.194 e. The molecular weight excluding hydrogens is 274 g/mol. The monoisotopic (exact) mass is 303 g/mol. The molecule has 22 heavy (non-hydrogen) atoms. The minimum Gasteiger partial charge on any atom is -0.363 e. The molecule has 0 spiro atoms. The number of aliphatic imine (C=N–C) groups is 1. The number of piperidine rings is 1. The molecule has 122 valence electrons. The molecule has 0 saturated carbocycles. The predicted molar refractivity (Wildman–Crippen MR) is 93.4 cm³/mol. The van der Waals surface area contributed by atoms with E-state index in [9.17, 15) is 0 Å². The SMILES string of the molecule is CCNC(=NCc1ccnc(N(C)C)c1)N1CCC(C)CC1. The number of hydrogen-bond donors (Lipinski definition) is 1. The lowest BCUT2D eigenvalue weighted by molar-refractivity contribution is 0.273. The highest BCUT2D eigenvalue weighted by Gasteiger charge is 2.18. The van der Waals surface area contributed by atoms with Gasteiger partial charge in [0.05, 0.1) is 6.54 Å². The van der Waals surface area contributed by atoms with Gasteiger partial charge in [0, 0.05) is 39.9 Å². The second kappa shape index (κ2) is 8.01. The third-order valence-corrected chi connectivity index (χ3v) is 4.10. The molecule has 0 atom stereocenters. The van der Waals surface area contributed by atoms with Crippen LogP contribution in [0.2, 0.25) is 0 Å². The van der Waals surface area contributed by atoms with E-state index < -0.39 is 0 Å². The van der Waals surface area contributed by atoms with E-state index in [-0.39, 0.29) is 0 Å². The molecule has 5 heteroatoms. The molecule has 0 amide bonds. The van der Waals surface area contributed by atoms with Gasteiger partial charge in [0.25, 0.3) is 0 Å². The third kappa shape index (κ3) is 4.61. The first-order valence-electron chi connectivity index (χ1n) is 8.25. The third-order valence-electron chi connectivity index (χ3n) is 4.10. The van der Waals surface area contributed by atoms with Gasteiger partial charge in [-0.2, -0.15) is 0 Å². The molecule has 0 aromatic carbocycles. The summed E-state index contributed by atoms with van der Waals surface area (Å²) in [6, 6.07) is 4.14. The van der Waals surface area contributed by atoms with Gasteiger partial charge in [0.1, 0.15) is 5.82 Å². The van der Waals surface area contributed by atoms with E-state index in [1.54, 1.807) is 0 Å². The summed E-state index contributed by atoms with van der Waals surface area (Å²) in [7, 11) is 4.02. The van der Waals surface area contributed by atoms with E-state index in [1.807, 2.05) is 31.3 Å². The second-order valence-electron chi connectivity index (χ2n) is 6.26. The topological polar surface area (TPSA) is 43.8 Å². The van der Waals surface area contributed by atoms with Crippen molar-refractivity contribution in [1.29, 1.82) is 0 Å². The van der Waals surface area contributed by atoms with Crippen LogP contribution in [0.3, 0.4) is 0 Å². The Morgan fingerprint density at radius 2 is 2.14 bits per heavy atom. The van der Waals surface area contributed by atoms with E-state index in [4.69, 9.17) is 4.99 Å². The van der Waals surface area contributed by atoms with Gasteiger partial charge >= 0.3 is 0 Å². The number of nitrogens with one attached hydrogen (secondary N) is 1. The molecule has 0 radical (unpaired) electrons. The lowest BCUT2D eigenvalue weighted by atomic mass is 10.00. The fraction of sp³-hybridized carbons (Fsp3) is 0.647. The van der Waals surface area contributed by atoms with Crippen LogP contribution in [0.25, 0.3) is 0 Å². The average Bonchev–Trinajstić information content (AvgIpc) is 2.52. The first-order chi connectivity index (χ1) is 10.6. The fourth-order valence-electron chi connectivity index (χ4n) is 2.62. The standard InChI is InChI=1S/C17H29N5/c1-5-18-17(22-10-7-14(2)8-11-22)20-13-15-6-9-19-16(12-15)21(3)4/h6,9,12,14H,5,7-8,10-11,13H2,1-4H3,(H,18,20). The van der Waals surface area contributed by atoms with Crippen LogP contribution >= 0.6 is 0 Å². The van der Waals surface area contributed by atoms with Gasteiger partial charge in [0.2, 0.25) is 0 Å². The maximum absolute atomic E-state index is 4.82. The van der Waals surface area contributed by atoms with E-state index in [1.165, 1.54) is 18.4 Å². The zero-order chi connectivity index (χ0) is 15.9. The minimum atomic E-state index is 0.692. The number of pyridine rings is 1. The maximum atomic E-state index is 4.82. The molecule has 1 saturated heterocycles. The highest BCUT2D eigenvalue weighted by atomic mass is 15.3. The lowest BCUT2D eigenvalue weighted by Gasteiger charge is -2.33. The Labute approximate surface area is 134 Å². The zero-order valence-corrected chi connectivity index (χ0v) is 14.3. The summed E-state index contributed by atoms with van der Waals surface area (Å²) < 4.78 is 0. The number of rotatable bonds is 4. The average molecular weight is 303 g/mol.